The third-order valence-corrected chi connectivity index (χ3v) is 4.79. The van der Waals surface area contributed by atoms with Gasteiger partial charge in [-0.05, 0) is 44.4 Å². The normalized spacial score (nSPS) is 29.9. The fourth-order valence-corrected chi connectivity index (χ4v) is 3.18. The molecule has 0 aromatic carbocycles. The summed E-state index contributed by atoms with van der Waals surface area (Å²) >= 11 is 0. The van der Waals surface area contributed by atoms with Gasteiger partial charge in [0.05, 0.1) is 5.41 Å². The predicted molar refractivity (Wildman–Crippen MR) is 75.2 cm³/mol. The molecule has 2 rings (SSSR count). The standard InChI is InChI=1S/C16H24O4/c1-11(13(17)18)9-16(10-15(16,2)3)14(19)20-12-7-5-4-6-8-12/h9,12H,4-8,10H2,1-3H3,(H,17,18). The molecule has 20 heavy (non-hydrogen) atoms. The minimum Gasteiger partial charge on any atom is -0.478 e. The maximum absolute atomic E-state index is 12.5. The van der Waals surface area contributed by atoms with Gasteiger partial charge in [-0.3, -0.25) is 4.79 Å². The molecule has 1 N–H and O–H groups in total. The van der Waals surface area contributed by atoms with Gasteiger partial charge in [0.2, 0.25) is 0 Å². The van der Waals surface area contributed by atoms with Crippen molar-refractivity contribution >= 4 is 11.9 Å². The van der Waals surface area contributed by atoms with Gasteiger partial charge >= 0.3 is 11.9 Å². The van der Waals surface area contributed by atoms with Crippen LogP contribution in [0.4, 0.5) is 0 Å². The Labute approximate surface area is 120 Å². The monoisotopic (exact) mass is 280 g/mol. The van der Waals surface area contributed by atoms with Gasteiger partial charge in [-0.15, -0.1) is 0 Å². The van der Waals surface area contributed by atoms with Crippen LogP contribution in [0.2, 0.25) is 0 Å². The van der Waals surface area contributed by atoms with Gasteiger partial charge in [0.25, 0.3) is 0 Å². The minimum absolute atomic E-state index is 0.0167. The lowest BCUT2D eigenvalue weighted by Gasteiger charge is -2.25. The number of hydrogen-bond acceptors (Lipinski definition) is 3. The van der Waals surface area contributed by atoms with E-state index in [0.717, 1.165) is 25.7 Å². The van der Waals surface area contributed by atoms with Crippen LogP contribution in [0, 0.1) is 10.8 Å². The topological polar surface area (TPSA) is 63.6 Å². The summed E-state index contributed by atoms with van der Waals surface area (Å²) in [6.45, 7) is 5.51. The molecule has 0 bridgehead atoms. The third kappa shape index (κ3) is 2.74. The van der Waals surface area contributed by atoms with Crippen LogP contribution in [-0.4, -0.2) is 23.1 Å². The first kappa shape index (κ1) is 15.1. The van der Waals surface area contributed by atoms with Crippen molar-refractivity contribution in [1.82, 2.24) is 0 Å². The second kappa shape index (κ2) is 5.23. The van der Waals surface area contributed by atoms with Crippen molar-refractivity contribution < 1.29 is 19.4 Å². The van der Waals surface area contributed by atoms with Gasteiger partial charge in [0, 0.05) is 5.57 Å². The van der Waals surface area contributed by atoms with Gasteiger partial charge in [-0.1, -0.05) is 26.3 Å². The highest BCUT2D eigenvalue weighted by Crippen LogP contribution is 2.65. The number of ether oxygens (including phenoxy) is 1. The Morgan fingerprint density at radius 3 is 2.20 bits per heavy atom. The Bertz CT molecular complexity index is 443. The molecule has 0 radical (unpaired) electrons. The van der Waals surface area contributed by atoms with Crippen molar-refractivity contribution in [3.05, 3.63) is 11.6 Å². The maximum atomic E-state index is 12.5. The summed E-state index contributed by atoms with van der Waals surface area (Å²) in [5.41, 5.74) is -0.737. The lowest BCUT2D eigenvalue weighted by molar-refractivity contribution is -0.156. The quantitative estimate of drug-likeness (QED) is 0.634. The first-order valence-electron chi connectivity index (χ1n) is 7.42. The van der Waals surface area contributed by atoms with Crippen LogP contribution in [0.3, 0.4) is 0 Å². The zero-order chi connectivity index (χ0) is 15.0. The molecule has 2 aliphatic carbocycles. The van der Waals surface area contributed by atoms with Crippen molar-refractivity contribution in [3.63, 3.8) is 0 Å². The number of carboxylic acids is 1. The van der Waals surface area contributed by atoms with E-state index in [1.807, 2.05) is 13.8 Å². The highest BCUT2D eigenvalue weighted by molar-refractivity contribution is 5.90. The molecule has 0 amide bonds. The fourth-order valence-electron chi connectivity index (χ4n) is 3.18. The molecule has 2 fully saturated rings. The third-order valence-electron chi connectivity index (χ3n) is 4.79. The summed E-state index contributed by atoms with van der Waals surface area (Å²) < 4.78 is 5.66. The van der Waals surface area contributed by atoms with E-state index in [9.17, 15) is 9.59 Å². The molecule has 112 valence electrons. The molecule has 1 atom stereocenters. The van der Waals surface area contributed by atoms with Crippen LogP contribution in [0.25, 0.3) is 0 Å². The molecule has 0 aliphatic heterocycles. The van der Waals surface area contributed by atoms with Crippen molar-refractivity contribution in [2.75, 3.05) is 0 Å². The SMILES string of the molecule is CC(=CC1(C(=O)OC2CCCCC2)CC1(C)C)C(=O)O. The molecule has 4 nitrogen and oxygen atoms in total. The zero-order valence-electron chi connectivity index (χ0n) is 12.6. The number of aliphatic carboxylic acids is 1. The number of rotatable bonds is 4. The Balaban J connectivity index is 2.11. The van der Waals surface area contributed by atoms with Gasteiger partial charge in [0.15, 0.2) is 0 Å². The molecule has 0 spiro atoms. The maximum Gasteiger partial charge on any atom is 0.330 e. The Hall–Kier alpha value is -1.32. The fraction of sp³-hybridized carbons (Fsp3) is 0.750. The molecular formula is C16H24O4. The Morgan fingerprint density at radius 1 is 1.20 bits per heavy atom. The van der Waals surface area contributed by atoms with E-state index < -0.39 is 11.4 Å². The Kier molecular flexibility index (Phi) is 3.94. The lowest BCUT2D eigenvalue weighted by Crippen LogP contribution is -2.29. The van der Waals surface area contributed by atoms with Gasteiger partial charge in [0.1, 0.15) is 6.10 Å². The summed E-state index contributed by atoms with van der Waals surface area (Å²) in [7, 11) is 0. The number of hydrogen-bond donors (Lipinski definition) is 1. The lowest BCUT2D eigenvalue weighted by atomic mass is 9.92. The number of esters is 1. The van der Waals surface area contributed by atoms with Crippen molar-refractivity contribution in [2.45, 2.75) is 65.4 Å². The molecular weight excluding hydrogens is 256 g/mol. The van der Waals surface area contributed by atoms with E-state index in [4.69, 9.17) is 9.84 Å². The smallest absolute Gasteiger partial charge is 0.330 e. The van der Waals surface area contributed by atoms with Gasteiger partial charge < -0.3 is 9.84 Å². The average molecular weight is 280 g/mol. The van der Waals surface area contributed by atoms with E-state index in [-0.39, 0.29) is 23.1 Å². The Morgan fingerprint density at radius 2 is 1.75 bits per heavy atom. The van der Waals surface area contributed by atoms with Gasteiger partial charge in [-0.2, -0.15) is 0 Å². The van der Waals surface area contributed by atoms with Crippen LogP contribution in [0.5, 0.6) is 0 Å². The minimum atomic E-state index is -0.974. The summed E-state index contributed by atoms with van der Waals surface area (Å²) in [6, 6.07) is 0. The van der Waals surface area contributed by atoms with Crippen LogP contribution in [0.1, 0.15) is 59.3 Å². The van der Waals surface area contributed by atoms with Crippen molar-refractivity contribution in [2.24, 2.45) is 10.8 Å². The average Bonchev–Trinajstić information content (AvgIpc) is 2.93. The van der Waals surface area contributed by atoms with E-state index in [1.54, 1.807) is 6.08 Å². The molecule has 1 unspecified atom stereocenters. The summed E-state index contributed by atoms with van der Waals surface area (Å²) in [4.78, 5) is 23.5. The van der Waals surface area contributed by atoms with E-state index in [1.165, 1.54) is 13.3 Å². The molecule has 0 saturated heterocycles. The molecule has 0 aromatic heterocycles. The number of carbonyl (C=O) groups is 2. The first-order valence-corrected chi connectivity index (χ1v) is 7.42. The second-order valence-electron chi connectivity index (χ2n) is 6.83. The first-order chi connectivity index (χ1) is 9.28. The van der Waals surface area contributed by atoms with Crippen LogP contribution >= 0.6 is 0 Å². The summed E-state index contributed by atoms with van der Waals surface area (Å²) in [5, 5.41) is 9.03. The van der Waals surface area contributed by atoms with Crippen LogP contribution in [-0.2, 0) is 14.3 Å². The van der Waals surface area contributed by atoms with E-state index in [0.29, 0.717) is 6.42 Å². The molecule has 2 saturated carbocycles. The zero-order valence-corrected chi connectivity index (χ0v) is 12.6. The highest BCUT2D eigenvalue weighted by atomic mass is 16.5. The van der Waals surface area contributed by atoms with Crippen molar-refractivity contribution in [3.8, 4) is 0 Å². The summed E-state index contributed by atoms with van der Waals surface area (Å²) in [5.74, 6) is -1.22. The van der Waals surface area contributed by atoms with Crippen LogP contribution < -0.4 is 0 Å². The molecule has 2 aliphatic rings. The van der Waals surface area contributed by atoms with E-state index >= 15 is 0 Å². The molecule has 0 aromatic rings. The molecule has 4 heteroatoms. The van der Waals surface area contributed by atoms with Crippen LogP contribution in [0.15, 0.2) is 11.6 Å². The largest absolute Gasteiger partial charge is 0.478 e. The second-order valence-corrected chi connectivity index (χ2v) is 6.83. The highest BCUT2D eigenvalue weighted by Gasteiger charge is 2.66. The predicted octanol–water partition coefficient (Wildman–Crippen LogP) is 3.31. The number of carbonyl (C=O) groups excluding carboxylic acids is 1. The van der Waals surface area contributed by atoms with Gasteiger partial charge in [-0.25, -0.2) is 4.79 Å². The number of carboxylic acid groups (broad SMARTS) is 1. The van der Waals surface area contributed by atoms with E-state index in [2.05, 4.69) is 0 Å². The summed E-state index contributed by atoms with van der Waals surface area (Å²) in [6.07, 6.45) is 7.58. The van der Waals surface area contributed by atoms with Crippen molar-refractivity contribution in [1.29, 1.82) is 0 Å². The molecule has 0 heterocycles.